The van der Waals surface area contributed by atoms with Crippen LogP contribution in [0.1, 0.15) is 33.6 Å². The molecule has 1 aliphatic heterocycles. The van der Waals surface area contributed by atoms with Gasteiger partial charge in [-0.05, 0) is 27.2 Å². The van der Waals surface area contributed by atoms with Crippen LogP contribution in [-0.2, 0) is 4.74 Å². The van der Waals surface area contributed by atoms with Gasteiger partial charge in [-0.1, -0.05) is 0 Å². The highest BCUT2D eigenvalue weighted by molar-refractivity contribution is 5.95. The van der Waals surface area contributed by atoms with E-state index in [2.05, 4.69) is 0 Å². The molecule has 0 bridgehead atoms. The van der Waals surface area contributed by atoms with Gasteiger partial charge in [0, 0.05) is 13.0 Å². The van der Waals surface area contributed by atoms with Crippen molar-refractivity contribution in [2.24, 2.45) is 0 Å². The maximum atomic E-state index is 11.4. The van der Waals surface area contributed by atoms with Gasteiger partial charge in [0.15, 0.2) is 0 Å². The zero-order chi connectivity index (χ0) is 10.1. The monoisotopic (exact) mass is 184 g/mol. The van der Waals surface area contributed by atoms with Crippen molar-refractivity contribution in [1.82, 2.24) is 4.90 Å². The first kappa shape index (κ1) is 10.0. The third-order valence-electron chi connectivity index (χ3n) is 1.74. The summed E-state index contributed by atoms with van der Waals surface area (Å²) in [6.07, 6.45) is 1.16. The Bertz CT molecular complexity index is 230. The highest BCUT2D eigenvalue weighted by Crippen LogP contribution is 2.15. The molecule has 0 aromatic rings. The van der Waals surface area contributed by atoms with Crippen LogP contribution in [0.15, 0.2) is 0 Å². The second kappa shape index (κ2) is 3.36. The van der Waals surface area contributed by atoms with E-state index in [1.807, 2.05) is 20.8 Å². The Hall–Kier alpha value is -1.06. The number of nitrogens with zero attached hydrogens (tertiary/aromatic N) is 1. The molecular formula is C9H16N2O2. The molecule has 4 heteroatoms. The van der Waals surface area contributed by atoms with E-state index in [1.54, 1.807) is 0 Å². The molecule has 4 nitrogen and oxygen atoms in total. The van der Waals surface area contributed by atoms with Crippen molar-refractivity contribution in [2.75, 3.05) is 6.54 Å². The summed E-state index contributed by atoms with van der Waals surface area (Å²) in [6.45, 7) is 6.09. The number of hydrogen-bond acceptors (Lipinski definition) is 3. The van der Waals surface area contributed by atoms with Gasteiger partial charge in [-0.3, -0.25) is 10.3 Å². The molecule has 0 radical (unpaired) electrons. The van der Waals surface area contributed by atoms with E-state index in [4.69, 9.17) is 10.1 Å². The number of ether oxygens (including phenoxy) is 1. The van der Waals surface area contributed by atoms with Crippen LogP contribution in [0, 0.1) is 5.41 Å². The number of amides is 1. The molecule has 0 saturated carbocycles. The Labute approximate surface area is 78.4 Å². The Kier molecular flexibility index (Phi) is 2.59. The average molecular weight is 184 g/mol. The second-order valence-corrected chi connectivity index (χ2v) is 4.18. The first-order valence-corrected chi connectivity index (χ1v) is 4.48. The fourth-order valence-electron chi connectivity index (χ4n) is 1.19. The molecule has 1 saturated heterocycles. The number of rotatable bonds is 0. The lowest BCUT2D eigenvalue weighted by molar-refractivity contribution is 0.0382. The maximum Gasteiger partial charge on any atom is 0.415 e. The third-order valence-corrected chi connectivity index (χ3v) is 1.74. The minimum atomic E-state index is -0.472. The van der Waals surface area contributed by atoms with Crippen molar-refractivity contribution < 1.29 is 9.53 Å². The summed E-state index contributed by atoms with van der Waals surface area (Å²) >= 11 is 0. The molecule has 13 heavy (non-hydrogen) atoms. The van der Waals surface area contributed by atoms with Gasteiger partial charge in [0.1, 0.15) is 11.4 Å². The summed E-state index contributed by atoms with van der Waals surface area (Å²) in [5, 5.41) is 7.47. The van der Waals surface area contributed by atoms with Gasteiger partial charge in [0.2, 0.25) is 0 Å². The van der Waals surface area contributed by atoms with Crippen LogP contribution < -0.4 is 0 Å². The lowest BCUT2D eigenvalue weighted by Gasteiger charge is -2.23. The number of likely N-dealkylation sites (tertiary alicyclic amines) is 1. The molecule has 1 aliphatic rings. The summed E-state index contributed by atoms with van der Waals surface area (Å²) < 4.78 is 5.14. The van der Waals surface area contributed by atoms with Crippen molar-refractivity contribution in [3.05, 3.63) is 0 Å². The summed E-state index contributed by atoms with van der Waals surface area (Å²) in [5.41, 5.74) is -0.472. The molecule has 0 aromatic carbocycles. The standard InChI is InChI=1S/C9H16N2O2/c1-9(2,3)13-8(12)11-6-4-5-7(11)10/h10H,4-6H2,1-3H3. The van der Waals surface area contributed by atoms with Gasteiger partial charge in [0.25, 0.3) is 0 Å². The number of carbonyl (C=O) groups is 1. The number of nitrogens with one attached hydrogen (secondary N) is 1. The smallest absolute Gasteiger partial charge is 0.415 e. The van der Waals surface area contributed by atoms with Gasteiger partial charge in [0.05, 0.1) is 0 Å². The van der Waals surface area contributed by atoms with E-state index in [9.17, 15) is 4.79 Å². The van der Waals surface area contributed by atoms with Crippen LogP contribution in [0.25, 0.3) is 0 Å². The van der Waals surface area contributed by atoms with Gasteiger partial charge in [-0.25, -0.2) is 4.79 Å². The van der Waals surface area contributed by atoms with Gasteiger partial charge in [-0.2, -0.15) is 0 Å². The van der Waals surface area contributed by atoms with E-state index in [0.29, 0.717) is 18.8 Å². The molecule has 74 valence electrons. The normalized spacial score (nSPS) is 17.8. The Morgan fingerprint density at radius 2 is 2.15 bits per heavy atom. The van der Waals surface area contributed by atoms with Crippen molar-refractivity contribution in [3.63, 3.8) is 0 Å². The molecule has 0 aliphatic carbocycles. The predicted octanol–water partition coefficient (Wildman–Crippen LogP) is 1.99. The molecule has 1 rings (SSSR count). The molecule has 0 unspecified atom stereocenters. The van der Waals surface area contributed by atoms with E-state index in [-0.39, 0.29) is 0 Å². The van der Waals surface area contributed by atoms with Crippen LogP contribution >= 0.6 is 0 Å². The number of carbonyl (C=O) groups excluding carboxylic acids is 1. The second-order valence-electron chi connectivity index (χ2n) is 4.18. The van der Waals surface area contributed by atoms with Crippen LogP contribution in [0.2, 0.25) is 0 Å². The molecule has 0 spiro atoms. The van der Waals surface area contributed by atoms with E-state index in [0.717, 1.165) is 6.42 Å². The Balaban J connectivity index is 2.53. The van der Waals surface area contributed by atoms with Crippen molar-refractivity contribution in [2.45, 2.75) is 39.2 Å². The first-order chi connectivity index (χ1) is 5.90. The van der Waals surface area contributed by atoms with E-state index < -0.39 is 11.7 Å². The fourth-order valence-corrected chi connectivity index (χ4v) is 1.19. The number of hydrogen-bond donors (Lipinski definition) is 1. The molecule has 0 aromatic heterocycles. The minimum Gasteiger partial charge on any atom is -0.443 e. The highest BCUT2D eigenvalue weighted by Gasteiger charge is 2.27. The largest absolute Gasteiger partial charge is 0.443 e. The first-order valence-electron chi connectivity index (χ1n) is 4.48. The molecule has 1 amide bonds. The van der Waals surface area contributed by atoms with Crippen LogP contribution in [-0.4, -0.2) is 29.0 Å². The van der Waals surface area contributed by atoms with Crippen LogP contribution in [0.3, 0.4) is 0 Å². The predicted molar refractivity (Wildman–Crippen MR) is 49.9 cm³/mol. The summed E-state index contributed by atoms with van der Waals surface area (Å²) in [6, 6.07) is 0. The molecule has 1 heterocycles. The minimum absolute atomic E-state index is 0.370. The van der Waals surface area contributed by atoms with Crippen molar-refractivity contribution in [3.8, 4) is 0 Å². The SMILES string of the molecule is CC(C)(C)OC(=O)N1CCCC1=N. The molecule has 1 N–H and O–H groups in total. The zero-order valence-corrected chi connectivity index (χ0v) is 8.39. The zero-order valence-electron chi connectivity index (χ0n) is 8.39. The summed E-state index contributed by atoms with van der Waals surface area (Å²) in [5.74, 6) is 0.370. The van der Waals surface area contributed by atoms with Crippen LogP contribution in [0.5, 0.6) is 0 Å². The average Bonchev–Trinajstić information content (AvgIpc) is 2.30. The highest BCUT2D eigenvalue weighted by atomic mass is 16.6. The van der Waals surface area contributed by atoms with Gasteiger partial charge < -0.3 is 4.74 Å². The van der Waals surface area contributed by atoms with Crippen molar-refractivity contribution in [1.29, 1.82) is 5.41 Å². The lowest BCUT2D eigenvalue weighted by Crippen LogP contribution is -2.37. The summed E-state index contributed by atoms with van der Waals surface area (Å²) in [7, 11) is 0. The van der Waals surface area contributed by atoms with E-state index in [1.165, 1.54) is 4.90 Å². The quantitative estimate of drug-likeness (QED) is 0.626. The Morgan fingerprint density at radius 1 is 1.54 bits per heavy atom. The van der Waals surface area contributed by atoms with Crippen LogP contribution in [0.4, 0.5) is 4.79 Å². The maximum absolute atomic E-state index is 11.4. The van der Waals surface area contributed by atoms with E-state index >= 15 is 0 Å². The van der Waals surface area contributed by atoms with Gasteiger partial charge >= 0.3 is 6.09 Å². The molecule has 0 atom stereocenters. The molecule has 1 fully saturated rings. The fraction of sp³-hybridized carbons (Fsp3) is 0.778. The van der Waals surface area contributed by atoms with Gasteiger partial charge in [-0.15, -0.1) is 0 Å². The molecular weight excluding hydrogens is 168 g/mol. The van der Waals surface area contributed by atoms with Crippen molar-refractivity contribution >= 4 is 11.9 Å². The topological polar surface area (TPSA) is 53.4 Å². The summed E-state index contributed by atoms with van der Waals surface area (Å²) in [4.78, 5) is 12.8. The lowest BCUT2D eigenvalue weighted by atomic mass is 10.2. The number of amidine groups is 1. The Morgan fingerprint density at radius 3 is 2.54 bits per heavy atom. The third kappa shape index (κ3) is 2.72.